The van der Waals surface area contributed by atoms with Gasteiger partial charge in [0.2, 0.25) is 0 Å². The van der Waals surface area contributed by atoms with Crippen molar-refractivity contribution in [2.45, 2.75) is 33.2 Å². The number of aliphatic imine (C=N–C) groups is 1. The maximum Gasteiger partial charge on any atom is 0.194 e. The van der Waals surface area contributed by atoms with Gasteiger partial charge in [-0.15, -0.1) is 24.0 Å². The van der Waals surface area contributed by atoms with Crippen LogP contribution in [0, 0.1) is 5.92 Å². The van der Waals surface area contributed by atoms with Crippen molar-refractivity contribution >= 4 is 41.3 Å². The highest BCUT2D eigenvalue weighted by Gasteiger charge is 2.18. The monoisotopic (exact) mass is 393 g/mol. The molecule has 1 N–H and O–H groups in total. The Labute approximate surface area is 137 Å². The number of hydrogen-bond acceptors (Lipinski definition) is 2. The van der Waals surface area contributed by atoms with E-state index in [-0.39, 0.29) is 24.0 Å². The van der Waals surface area contributed by atoms with Gasteiger partial charge in [-0.2, -0.15) is 11.3 Å². The molecular weight excluding hydrogens is 369 g/mol. The van der Waals surface area contributed by atoms with Crippen LogP contribution < -0.4 is 5.32 Å². The lowest BCUT2D eigenvalue weighted by molar-refractivity contribution is 0.266. The zero-order valence-electron chi connectivity index (χ0n) is 11.8. The Morgan fingerprint density at radius 1 is 1.58 bits per heavy atom. The maximum absolute atomic E-state index is 4.75. The fourth-order valence-electron chi connectivity index (χ4n) is 2.36. The van der Waals surface area contributed by atoms with Crippen LogP contribution in [-0.2, 0) is 6.54 Å². The Morgan fingerprint density at radius 3 is 3.05 bits per heavy atom. The van der Waals surface area contributed by atoms with E-state index in [0.717, 1.165) is 38.1 Å². The minimum atomic E-state index is 0. The second-order valence-electron chi connectivity index (χ2n) is 5.00. The van der Waals surface area contributed by atoms with Gasteiger partial charge in [-0.1, -0.05) is 6.92 Å². The zero-order valence-corrected chi connectivity index (χ0v) is 14.9. The summed E-state index contributed by atoms with van der Waals surface area (Å²) in [5.41, 5.74) is 1.31. The van der Waals surface area contributed by atoms with Gasteiger partial charge in [0.1, 0.15) is 0 Å². The predicted octanol–water partition coefficient (Wildman–Crippen LogP) is 3.56. The van der Waals surface area contributed by atoms with Gasteiger partial charge in [-0.25, -0.2) is 4.99 Å². The van der Waals surface area contributed by atoms with Gasteiger partial charge < -0.3 is 10.2 Å². The lowest BCUT2D eigenvalue weighted by Gasteiger charge is -2.33. The van der Waals surface area contributed by atoms with E-state index in [2.05, 4.69) is 40.9 Å². The Balaban J connectivity index is 0.00000180. The number of nitrogens with one attached hydrogen (secondary N) is 1. The van der Waals surface area contributed by atoms with E-state index in [9.17, 15) is 0 Å². The molecule has 2 heterocycles. The minimum absolute atomic E-state index is 0. The third kappa shape index (κ3) is 5.30. The topological polar surface area (TPSA) is 27.6 Å². The average molecular weight is 393 g/mol. The molecule has 5 heteroatoms. The fraction of sp³-hybridized carbons (Fsp3) is 0.643. The summed E-state index contributed by atoms with van der Waals surface area (Å²) in [4.78, 5) is 7.16. The number of likely N-dealkylation sites (tertiary alicyclic amines) is 1. The largest absolute Gasteiger partial charge is 0.357 e. The second-order valence-corrected chi connectivity index (χ2v) is 5.78. The van der Waals surface area contributed by atoms with Crippen molar-refractivity contribution in [3.05, 3.63) is 22.4 Å². The molecule has 1 aromatic rings. The normalized spacial score (nSPS) is 20.0. The molecule has 1 atom stereocenters. The van der Waals surface area contributed by atoms with E-state index in [1.54, 1.807) is 11.3 Å². The molecule has 1 aromatic heterocycles. The van der Waals surface area contributed by atoms with Crippen LogP contribution in [0.15, 0.2) is 21.8 Å². The minimum Gasteiger partial charge on any atom is -0.357 e. The highest BCUT2D eigenvalue weighted by Crippen LogP contribution is 2.16. The van der Waals surface area contributed by atoms with Crippen molar-refractivity contribution in [2.75, 3.05) is 19.6 Å². The predicted molar refractivity (Wildman–Crippen MR) is 94.5 cm³/mol. The molecule has 0 aliphatic carbocycles. The van der Waals surface area contributed by atoms with Crippen LogP contribution >= 0.6 is 35.3 Å². The molecule has 0 radical (unpaired) electrons. The van der Waals surface area contributed by atoms with E-state index in [4.69, 9.17) is 4.99 Å². The maximum atomic E-state index is 4.75. The molecule has 0 aromatic carbocycles. The van der Waals surface area contributed by atoms with E-state index in [1.165, 1.54) is 18.4 Å². The Hall–Kier alpha value is -0.300. The van der Waals surface area contributed by atoms with Crippen LogP contribution in [0.25, 0.3) is 0 Å². The van der Waals surface area contributed by atoms with Gasteiger partial charge in [-0.05, 0) is 48.1 Å². The van der Waals surface area contributed by atoms with E-state index >= 15 is 0 Å². The molecule has 0 amide bonds. The zero-order chi connectivity index (χ0) is 12.8. The molecule has 2 rings (SSSR count). The molecule has 0 bridgehead atoms. The summed E-state index contributed by atoms with van der Waals surface area (Å²) in [6.07, 6.45) is 2.63. The number of hydrogen-bond donors (Lipinski definition) is 1. The molecule has 1 fully saturated rings. The number of nitrogens with zero attached hydrogens (tertiary/aromatic N) is 2. The number of thiophene rings is 1. The Bertz CT molecular complexity index is 378. The standard InChI is InChI=1S/C14H23N3S.HI/c1-3-15-14(16-9-13-6-8-18-11-13)17-7-4-5-12(2)10-17;/h6,8,11-12H,3-5,7,9-10H2,1-2H3,(H,15,16);1H. The van der Waals surface area contributed by atoms with Crippen molar-refractivity contribution in [1.29, 1.82) is 0 Å². The Morgan fingerprint density at radius 2 is 2.42 bits per heavy atom. The summed E-state index contributed by atoms with van der Waals surface area (Å²) in [5, 5.41) is 7.70. The summed E-state index contributed by atoms with van der Waals surface area (Å²) < 4.78 is 0. The van der Waals surface area contributed by atoms with E-state index < -0.39 is 0 Å². The lowest BCUT2D eigenvalue weighted by Crippen LogP contribution is -2.46. The first-order valence-corrected chi connectivity index (χ1v) is 7.78. The van der Waals surface area contributed by atoms with Crippen LogP contribution in [0.1, 0.15) is 32.3 Å². The lowest BCUT2D eigenvalue weighted by atomic mass is 10.0. The highest BCUT2D eigenvalue weighted by atomic mass is 127. The molecule has 19 heavy (non-hydrogen) atoms. The first-order chi connectivity index (χ1) is 8.79. The van der Waals surface area contributed by atoms with Gasteiger partial charge in [-0.3, -0.25) is 0 Å². The fourth-order valence-corrected chi connectivity index (χ4v) is 3.02. The van der Waals surface area contributed by atoms with E-state index in [1.807, 2.05) is 0 Å². The molecule has 1 saturated heterocycles. The summed E-state index contributed by atoms with van der Waals surface area (Å²) in [5.74, 6) is 1.86. The Kier molecular flexibility index (Phi) is 7.75. The smallest absolute Gasteiger partial charge is 0.194 e. The number of piperidine rings is 1. The summed E-state index contributed by atoms with van der Waals surface area (Å²) in [7, 11) is 0. The number of rotatable bonds is 3. The molecule has 1 aliphatic rings. The molecule has 0 saturated carbocycles. The van der Waals surface area contributed by atoms with Crippen LogP contribution in [-0.4, -0.2) is 30.5 Å². The number of guanidine groups is 1. The highest BCUT2D eigenvalue weighted by molar-refractivity contribution is 14.0. The first kappa shape index (κ1) is 16.8. The summed E-state index contributed by atoms with van der Waals surface area (Å²) in [6, 6.07) is 2.15. The molecule has 108 valence electrons. The molecule has 1 aliphatic heterocycles. The van der Waals surface area contributed by atoms with Crippen molar-refractivity contribution in [2.24, 2.45) is 10.9 Å². The van der Waals surface area contributed by atoms with Crippen molar-refractivity contribution in [1.82, 2.24) is 10.2 Å². The SMILES string of the molecule is CCNC(=NCc1ccsc1)N1CCCC(C)C1.I. The van der Waals surface area contributed by atoms with Gasteiger partial charge in [0.05, 0.1) is 6.54 Å². The molecular formula is C14H24IN3S. The van der Waals surface area contributed by atoms with Gasteiger partial charge in [0.25, 0.3) is 0 Å². The van der Waals surface area contributed by atoms with Gasteiger partial charge in [0, 0.05) is 19.6 Å². The number of halogens is 1. The average Bonchev–Trinajstić information content (AvgIpc) is 2.87. The van der Waals surface area contributed by atoms with Crippen molar-refractivity contribution < 1.29 is 0 Å². The quantitative estimate of drug-likeness (QED) is 0.483. The van der Waals surface area contributed by atoms with Crippen LogP contribution in [0.4, 0.5) is 0 Å². The summed E-state index contributed by atoms with van der Waals surface area (Å²) >= 11 is 1.74. The first-order valence-electron chi connectivity index (χ1n) is 6.84. The van der Waals surface area contributed by atoms with Crippen molar-refractivity contribution in [3.8, 4) is 0 Å². The summed E-state index contributed by atoms with van der Waals surface area (Å²) in [6.45, 7) is 8.46. The van der Waals surface area contributed by atoms with Crippen LogP contribution in [0.2, 0.25) is 0 Å². The molecule has 3 nitrogen and oxygen atoms in total. The molecule has 1 unspecified atom stereocenters. The second kappa shape index (κ2) is 8.79. The van der Waals surface area contributed by atoms with Crippen LogP contribution in [0.3, 0.4) is 0 Å². The van der Waals surface area contributed by atoms with E-state index in [0.29, 0.717) is 0 Å². The van der Waals surface area contributed by atoms with Crippen LogP contribution in [0.5, 0.6) is 0 Å². The van der Waals surface area contributed by atoms with Crippen molar-refractivity contribution in [3.63, 3.8) is 0 Å². The molecule has 0 spiro atoms. The van der Waals surface area contributed by atoms with Gasteiger partial charge in [0.15, 0.2) is 5.96 Å². The van der Waals surface area contributed by atoms with Gasteiger partial charge >= 0.3 is 0 Å². The third-order valence-corrected chi connectivity index (χ3v) is 4.01. The third-order valence-electron chi connectivity index (χ3n) is 3.28.